The van der Waals surface area contributed by atoms with Gasteiger partial charge >= 0.3 is 0 Å². The van der Waals surface area contributed by atoms with Crippen LogP contribution in [0.2, 0.25) is 5.02 Å². The van der Waals surface area contributed by atoms with Crippen LogP contribution in [0.1, 0.15) is 37.8 Å². The van der Waals surface area contributed by atoms with Crippen LogP contribution >= 0.6 is 11.6 Å². The highest BCUT2D eigenvalue weighted by Crippen LogP contribution is 2.21. The molecule has 1 aromatic rings. The molecular formula is C13H21ClFN. The molecule has 0 fully saturated rings. The van der Waals surface area contributed by atoms with E-state index in [0.717, 1.165) is 24.8 Å². The first-order chi connectivity index (χ1) is 7.65. The molecule has 0 aromatic heterocycles. The minimum Gasteiger partial charge on any atom is -0.330 e. The Balaban J connectivity index is 0.00000106. The normalized spacial score (nSPS) is 9.62. The van der Waals surface area contributed by atoms with Crippen LogP contribution in [0.5, 0.6) is 0 Å². The van der Waals surface area contributed by atoms with Gasteiger partial charge in [-0.25, -0.2) is 4.39 Å². The fraction of sp³-hybridized carbons (Fsp3) is 0.538. The smallest absolute Gasteiger partial charge is 0.144 e. The largest absolute Gasteiger partial charge is 0.330 e. The van der Waals surface area contributed by atoms with Crippen molar-refractivity contribution in [1.29, 1.82) is 0 Å². The van der Waals surface area contributed by atoms with Crippen molar-refractivity contribution in [2.24, 2.45) is 5.73 Å². The van der Waals surface area contributed by atoms with E-state index in [0.29, 0.717) is 12.1 Å². The molecule has 1 rings (SSSR count). The van der Waals surface area contributed by atoms with Crippen molar-refractivity contribution in [3.63, 3.8) is 0 Å². The maximum Gasteiger partial charge on any atom is 0.144 e. The standard InChI is InChI=1S/C11H15ClFN.C2H6/c1-8-6-9(4-2-3-5-14)7-10(12)11(8)13;1-2/h6-7H,2-5,14H2,1H3;1-2H3. The first-order valence-corrected chi connectivity index (χ1v) is 6.17. The van der Waals surface area contributed by atoms with Gasteiger partial charge < -0.3 is 5.73 Å². The summed E-state index contributed by atoms with van der Waals surface area (Å²) in [6, 6.07) is 3.54. The number of hydrogen-bond acceptors (Lipinski definition) is 1. The Kier molecular flexibility index (Phi) is 8.22. The minimum atomic E-state index is -0.311. The second-order valence-electron chi connectivity index (χ2n) is 3.45. The van der Waals surface area contributed by atoms with Crippen LogP contribution in [0.15, 0.2) is 12.1 Å². The van der Waals surface area contributed by atoms with Gasteiger partial charge in [0.2, 0.25) is 0 Å². The third-order valence-corrected chi connectivity index (χ3v) is 2.46. The SMILES string of the molecule is CC.Cc1cc(CCCCN)cc(Cl)c1F. The molecule has 0 saturated heterocycles. The molecule has 0 spiro atoms. The number of unbranched alkanes of at least 4 members (excludes halogenated alkanes) is 1. The molecule has 0 saturated carbocycles. The maximum atomic E-state index is 13.1. The molecular weight excluding hydrogens is 225 g/mol. The molecule has 0 unspecified atom stereocenters. The average molecular weight is 246 g/mol. The van der Waals surface area contributed by atoms with Gasteiger partial charge in [-0.3, -0.25) is 0 Å². The predicted molar refractivity (Wildman–Crippen MR) is 69.5 cm³/mol. The van der Waals surface area contributed by atoms with Crippen molar-refractivity contribution >= 4 is 11.6 Å². The zero-order valence-corrected chi connectivity index (χ0v) is 11.1. The second-order valence-corrected chi connectivity index (χ2v) is 3.86. The van der Waals surface area contributed by atoms with Crippen molar-refractivity contribution in [3.8, 4) is 0 Å². The average Bonchev–Trinajstić information content (AvgIpc) is 2.29. The van der Waals surface area contributed by atoms with Crippen LogP contribution < -0.4 is 5.73 Å². The van der Waals surface area contributed by atoms with Crippen molar-refractivity contribution in [1.82, 2.24) is 0 Å². The van der Waals surface area contributed by atoms with Crippen LogP contribution in [0.4, 0.5) is 4.39 Å². The molecule has 0 aliphatic heterocycles. The highest BCUT2D eigenvalue weighted by molar-refractivity contribution is 6.30. The summed E-state index contributed by atoms with van der Waals surface area (Å²) in [5.74, 6) is -0.311. The fourth-order valence-electron chi connectivity index (χ4n) is 1.42. The van der Waals surface area contributed by atoms with Crippen molar-refractivity contribution in [2.75, 3.05) is 6.54 Å². The third kappa shape index (κ3) is 4.95. The molecule has 0 amide bonds. The molecule has 92 valence electrons. The lowest BCUT2D eigenvalue weighted by Gasteiger charge is -2.05. The topological polar surface area (TPSA) is 26.0 Å². The minimum absolute atomic E-state index is 0.216. The lowest BCUT2D eigenvalue weighted by molar-refractivity contribution is 0.617. The van der Waals surface area contributed by atoms with Crippen LogP contribution in [-0.4, -0.2) is 6.54 Å². The van der Waals surface area contributed by atoms with E-state index in [4.69, 9.17) is 17.3 Å². The van der Waals surface area contributed by atoms with E-state index in [2.05, 4.69) is 0 Å². The van der Waals surface area contributed by atoms with E-state index >= 15 is 0 Å². The molecule has 0 atom stereocenters. The van der Waals surface area contributed by atoms with Crippen molar-refractivity contribution in [3.05, 3.63) is 34.1 Å². The molecule has 0 aliphatic rings. The summed E-state index contributed by atoms with van der Waals surface area (Å²) in [6.45, 7) is 6.43. The van der Waals surface area contributed by atoms with E-state index in [1.807, 2.05) is 19.9 Å². The van der Waals surface area contributed by atoms with Crippen molar-refractivity contribution in [2.45, 2.75) is 40.0 Å². The number of rotatable bonds is 4. The Morgan fingerprint density at radius 2 is 1.88 bits per heavy atom. The predicted octanol–water partition coefficient (Wildman–Crippen LogP) is 4.10. The first-order valence-electron chi connectivity index (χ1n) is 5.79. The quantitative estimate of drug-likeness (QED) is 0.795. The van der Waals surface area contributed by atoms with Gasteiger partial charge in [0.15, 0.2) is 0 Å². The van der Waals surface area contributed by atoms with Gasteiger partial charge in [0.05, 0.1) is 5.02 Å². The molecule has 16 heavy (non-hydrogen) atoms. The van der Waals surface area contributed by atoms with E-state index < -0.39 is 0 Å². The molecule has 1 nitrogen and oxygen atoms in total. The molecule has 1 aromatic carbocycles. The Hall–Kier alpha value is -0.600. The Morgan fingerprint density at radius 3 is 2.38 bits per heavy atom. The van der Waals surface area contributed by atoms with Crippen LogP contribution in [0.25, 0.3) is 0 Å². The summed E-state index contributed by atoms with van der Waals surface area (Å²) >= 11 is 5.73. The number of benzene rings is 1. The number of aryl methyl sites for hydroxylation is 2. The summed E-state index contributed by atoms with van der Waals surface area (Å²) in [5, 5.41) is 0.216. The maximum absolute atomic E-state index is 13.1. The van der Waals surface area contributed by atoms with Gasteiger partial charge in [-0.1, -0.05) is 31.5 Å². The Labute approximate surface area is 103 Å². The monoisotopic (exact) mass is 245 g/mol. The zero-order chi connectivity index (χ0) is 12.6. The van der Waals surface area contributed by atoms with E-state index in [1.54, 1.807) is 13.0 Å². The van der Waals surface area contributed by atoms with Gasteiger partial charge in [-0.2, -0.15) is 0 Å². The molecule has 0 bridgehead atoms. The first kappa shape index (κ1) is 15.4. The Morgan fingerprint density at radius 1 is 1.25 bits per heavy atom. The van der Waals surface area contributed by atoms with Crippen LogP contribution in [0, 0.1) is 12.7 Å². The van der Waals surface area contributed by atoms with Gasteiger partial charge in [-0.15, -0.1) is 0 Å². The number of nitrogens with two attached hydrogens (primary N) is 1. The Bertz CT molecular complexity index is 290. The highest BCUT2D eigenvalue weighted by atomic mass is 35.5. The lowest BCUT2D eigenvalue weighted by Crippen LogP contribution is -1.99. The van der Waals surface area contributed by atoms with E-state index in [1.165, 1.54) is 0 Å². The molecule has 2 N–H and O–H groups in total. The lowest BCUT2D eigenvalue weighted by atomic mass is 10.1. The van der Waals surface area contributed by atoms with Crippen molar-refractivity contribution < 1.29 is 4.39 Å². The number of hydrogen-bond donors (Lipinski definition) is 1. The third-order valence-electron chi connectivity index (χ3n) is 2.19. The fourth-order valence-corrected chi connectivity index (χ4v) is 1.70. The van der Waals surface area contributed by atoms with Gasteiger partial charge in [0.25, 0.3) is 0 Å². The number of halogens is 2. The van der Waals surface area contributed by atoms with Gasteiger partial charge in [0, 0.05) is 0 Å². The summed E-state index contributed by atoms with van der Waals surface area (Å²) in [5.41, 5.74) is 7.09. The molecule has 3 heteroatoms. The van der Waals surface area contributed by atoms with Gasteiger partial charge in [-0.05, 0) is 49.9 Å². The molecule has 0 heterocycles. The highest BCUT2D eigenvalue weighted by Gasteiger charge is 2.05. The molecule has 0 aliphatic carbocycles. The van der Waals surface area contributed by atoms with Crippen LogP contribution in [0.3, 0.4) is 0 Å². The molecule has 0 radical (unpaired) electrons. The van der Waals surface area contributed by atoms with E-state index in [-0.39, 0.29) is 10.8 Å². The second kappa shape index (κ2) is 8.54. The van der Waals surface area contributed by atoms with Crippen LogP contribution in [-0.2, 0) is 6.42 Å². The summed E-state index contributed by atoms with van der Waals surface area (Å²) < 4.78 is 13.1. The summed E-state index contributed by atoms with van der Waals surface area (Å²) in [4.78, 5) is 0. The summed E-state index contributed by atoms with van der Waals surface area (Å²) in [7, 11) is 0. The van der Waals surface area contributed by atoms with Gasteiger partial charge in [0.1, 0.15) is 5.82 Å². The van der Waals surface area contributed by atoms with E-state index in [9.17, 15) is 4.39 Å². The summed E-state index contributed by atoms with van der Waals surface area (Å²) in [6.07, 6.45) is 2.93. The zero-order valence-electron chi connectivity index (χ0n) is 10.3.